The van der Waals surface area contributed by atoms with E-state index in [1.54, 1.807) is 12.1 Å². The van der Waals surface area contributed by atoms with Crippen LogP contribution in [0.5, 0.6) is 0 Å². The van der Waals surface area contributed by atoms with Crippen molar-refractivity contribution in [2.75, 3.05) is 13.6 Å². The number of rotatable bonds is 7. The average Bonchev–Trinajstić information content (AvgIpc) is 3.33. The number of carbonyl (C=O) groups is 2. The summed E-state index contributed by atoms with van der Waals surface area (Å²) in [5.41, 5.74) is 2.52. The van der Waals surface area contributed by atoms with Crippen LogP contribution in [0.3, 0.4) is 0 Å². The van der Waals surface area contributed by atoms with Crippen LogP contribution < -0.4 is 5.32 Å². The maximum absolute atomic E-state index is 13.1. The molecule has 1 aliphatic heterocycles. The van der Waals surface area contributed by atoms with Crippen molar-refractivity contribution in [3.8, 4) is 11.3 Å². The third-order valence-corrected chi connectivity index (χ3v) is 6.96. The molecule has 31 heavy (non-hydrogen) atoms. The lowest BCUT2D eigenvalue weighted by Crippen LogP contribution is -2.28. The summed E-state index contributed by atoms with van der Waals surface area (Å²) in [5.74, 6) is -1.45. The maximum Gasteiger partial charge on any atom is 0.258 e. The van der Waals surface area contributed by atoms with E-state index in [2.05, 4.69) is 15.5 Å². The van der Waals surface area contributed by atoms with Gasteiger partial charge in [0, 0.05) is 24.8 Å². The molecule has 4 rings (SSSR count). The molecule has 160 valence electrons. The van der Waals surface area contributed by atoms with Gasteiger partial charge in [0.05, 0.1) is 21.7 Å². The maximum atomic E-state index is 13.1. The smallest absolute Gasteiger partial charge is 0.258 e. The second-order valence-electron chi connectivity index (χ2n) is 7.21. The van der Waals surface area contributed by atoms with Crippen molar-refractivity contribution in [1.82, 2.24) is 19.8 Å². The second-order valence-corrected chi connectivity index (χ2v) is 9.25. The number of nitrogens with one attached hydrogen (secondary N) is 2. The fourth-order valence-corrected chi connectivity index (χ4v) is 4.59. The van der Waals surface area contributed by atoms with Crippen molar-refractivity contribution in [2.45, 2.75) is 17.7 Å². The van der Waals surface area contributed by atoms with Crippen LogP contribution in [0.15, 0.2) is 53.4 Å². The topological polar surface area (TPSA) is 112 Å². The highest BCUT2D eigenvalue weighted by Gasteiger charge is 2.30. The van der Waals surface area contributed by atoms with Gasteiger partial charge in [0.2, 0.25) is 10.0 Å². The quantitative estimate of drug-likeness (QED) is 0.546. The Labute approximate surface area is 178 Å². The SMILES string of the molecule is CN(CCCc1cc(-c2ccc(F)cc2)n[nH]1)S(=O)(=O)c1ccc2c(c1)C(=O)NC2=O. The average molecular weight is 442 g/mol. The molecule has 0 unspecified atom stereocenters. The van der Waals surface area contributed by atoms with Gasteiger partial charge in [-0.1, -0.05) is 0 Å². The van der Waals surface area contributed by atoms with Crippen molar-refractivity contribution in [1.29, 1.82) is 0 Å². The number of H-pyrrole nitrogens is 1. The lowest BCUT2D eigenvalue weighted by atomic mass is 10.1. The predicted molar refractivity (Wildman–Crippen MR) is 110 cm³/mol. The van der Waals surface area contributed by atoms with E-state index in [9.17, 15) is 22.4 Å². The number of aryl methyl sites for hydroxylation is 1. The number of sulfonamides is 1. The number of fused-ring (bicyclic) bond motifs is 1. The van der Waals surface area contributed by atoms with E-state index in [1.807, 2.05) is 6.07 Å². The van der Waals surface area contributed by atoms with Crippen molar-refractivity contribution >= 4 is 21.8 Å². The van der Waals surface area contributed by atoms with Gasteiger partial charge in [-0.05, 0) is 61.4 Å². The van der Waals surface area contributed by atoms with Gasteiger partial charge in [0.1, 0.15) is 5.82 Å². The molecule has 10 heteroatoms. The standard InChI is InChI=1S/C21H19FN4O4S/c1-26(31(29,30)16-8-9-17-18(12-16)21(28)23-20(17)27)10-2-3-15-11-19(25-24-15)13-4-6-14(22)7-5-13/h4-9,11-12H,2-3,10H2,1H3,(H,24,25)(H,23,27,28). The molecule has 3 aromatic rings. The number of aromatic amines is 1. The molecule has 0 fully saturated rings. The minimum atomic E-state index is -3.82. The third-order valence-electron chi connectivity index (χ3n) is 5.11. The number of amides is 2. The van der Waals surface area contributed by atoms with Gasteiger partial charge in [-0.3, -0.25) is 20.0 Å². The highest BCUT2D eigenvalue weighted by molar-refractivity contribution is 7.89. The van der Waals surface area contributed by atoms with Gasteiger partial charge in [-0.2, -0.15) is 5.10 Å². The van der Waals surface area contributed by atoms with Gasteiger partial charge < -0.3 is 0 Å². The van der Waals surface area contributed by atoms with E-state index in [1.165, 1.54) is 41.7 Å². The fraction of sp³-hybridized carbons (Fsp3) is 0.190. The van der Waals surface area contributed by atoms with Gasteiger partial charge in [-0.25, -0.2) is 17.1 Å². The van der Waals surface area contributed by atoms with Crippen molar-refractivity contribution < 1.29 is 22.4 Å². The van der Waals surface area contributed by atoms with Gasteiger partial charge >= 0.3 is 0 Å². The zero-order valence-electron chi connectivity index (χ0n) is 16.6. The summed E-state index contributed by atoms with van der Waals surface area (Å²) in [6.45, 7) is 0.245. The monoisotopic (exact) mass is 442 g/mol. The molecule has 0 saturated carbocycles. The molecule has 1 aliphatic rings. The minimum absolute atomic E-state index is 0.0428. The Morgan fingerprint density at radius 3 is 2.45 bits per heavy atom. The van der Waals surface area contributed by atoms with Crippen molar-refractivity contribution in [2.24, 2.45) is 0 Å². The van der Waals surface area contributed by atoms with Crippen LogP contribution in [0.25, 0.3) is 11.3 Å². The Balaban J connectivity index is 1.39. The van der Waals surface area contributed by atoms with E-state index in [0.29, 0.717) is 18.5 Å². The molecule has 2 aromatic carbocycles. The van der Waals surface area contributed by atoms with Crippen molar-refractivity contribution in [3.05, 3.63) is 71.2 Å². The highest BCUT2D eigenvalue weighted by atomic mass is 32.2. The van der Waals surface area contributed by atoms with E-state index < -0.39 is 21.8 Å². The Morgan fingerprint density at radius 1 is 1.00 bits per heavy atom. The first-order valence-electron chi connectivity index (χ1n) is 9.52. The minimum Gasteiger partial charge on any atom is -0.288 e. The molecule has 8 nitrogen and oxygen atoms in total. The number of nitrogens with zero attached hydrogens (tertiary/aromatic N) is 2. The molecule has 0 aliphatic carbocycles. The van der Waals surface area contributed by atoms with Crippen LogP contribution in [0.1, 0.15) is 32.8 Å². The third kappa shape index (κ3) is 4.12. The zero-order valence-corrected chi connectivity index (χ0v) is 17.4. The van der Waals surface area contributed by atoms with Crippen LogP contribution in [0, 0.1) is 5.82 Å². The Bertz CT molecular complexity index is 1270. The second kappa shape index (κ2) is 8.05. The molecule has 2 amide bonds. The van der Waals surface area contributed by atoms with E-state index >= 15 is 0 Å². The summed E-state index contributed by atoms with van der Waals surface area (Å²) in [6, 6.07) is 11.7. The van der Waals surface area contributed by atoms with Gasteiger partial charge in [0.15, 0.2) is 0 Å². The number of benzene rings is 2. The van der Waals surface area contributed by atoms with E-state index in [4.69, 9.17) is 0 Å². The molecule has 1 aromatic heterocycles. The summed E-state index contributed by atoms with van der Waals surface area (Å²) in [5, 5.41) is 9.27. The largest absolute Gasteiger partial charge is 0.288 e. The first kappa shape index (κ1) is 20.9. The molecule has 0 radical (unpaired) electrons. The molecule has 0 bridgehead atoms. The molecule has 2 N–H and O–H groups in total. The molecular formula is C21H19FN4O4S. The summed E-state index contributed by atoms with van der Waals surface area (Å²) in [7, 11) is -2.35. The lowest BCUT2D eigenvalue weighted by molar-refractivity contribution is 0.0879. The molecule has 0 saturated heterocycles. The first-order valence-corrected chi connectivity index (χ1v) is 11.0. The lowest BCUT2D eigenvalue weighted by Gasteiger charge is -2.17. The summed E-state index contributed by atoms with van der Waals surface area (Å²) in [6.07, 6.45) is 1.10. The van der Waals surface area contributed by atoms with Crippen LogP contribution in [0.2, 0.25) is 0 Å². The van der Waals surface area contributed by atoms with E-state index in [0.717, 1.165) is 11.3 Å². The van der Waals surface area contributed by atoms with Gasteiger partial charge in [-0.15, -0.1) is 0 Å². The molecule has 0 atom stereocenters. The predicted octanol–water partition coefficient (Wildman–Crippen LogP) is 2.35. The summed E-state index contributed by atoms with van der Waals surface area (Å²) >= 11 is 0. The van der Waals surface area contributed by atoms with Crippen LogP contribution in [-0.2, 0) is 16.4 Å². The molecular weight excluding hydrogens is 423 g/mol. The Hall–Kier alpha value is -3.37. The molecule has 0 spiro atoms. The number of hydrogen-bond donors (Lipinski definition) is 2. The number of carbonyl (C=O) groups excluding carboxylic acids is 2. The number of imide groups is 1. The first-order chi connectivity index (χ1) is 14.8. The highest BCUT2D eigenvalue weighted by Crippen LogP contribution is 2.23. The Kier molecular flexibility index (Phi) is 5.42. The van der Waals surface area contributed by atoms with Gasteiger partial charge in [0.25, 0.3) is 11.8 Å². The fourth-order valence-electron chi connectivity index (χ4n) is 3.36. The number of halogens is 1. The zero-order chi connectivity index (χ0) is 22.2. The number of hydrogen-bond acceptors (Lipinski definition) is 5. The van der Waals surface area contributed by atoms with Crippen LogP contribution in [0.4, 0.5) is 4.39 Å². The van der Waals surface area contributed by atoms with E-state index in [-0.39, 0.29) is 28.4 Å². The number of aromatic nitrogens is 2. The Morgan fingerprint density at radius 2 is 1.71 bits per heavy atom. The van der Waals surface area contributed by atoms with Crippen LogP contribution >= 0.6 is 0 Å². The normalized spacial score (nSPS) is 13.5. The van der Waals surface area contributed by atoms with Crippen molar-refractivity contribution in [3.63, 3.8) is 0 Å². The summed E-state index contributed by atoms with van der Waals surface area (Å²) < 4.78 is 39.9. The van der Waals surface area contributed by atoms with Crippen LogP contribution in [-0.4, -0.2) is 48.3 Å². The molecule has 2 heterocycles. The summed E-state index contributed by atoms with van der Waals surface area (Å²) in [4.78, 5) is 23.4.